The van der Waals surface area contributed by atoms with Gasteiger partial charge in [0.15, 0.2) is 0 Å². The van der Waals surface area contributed by atoms with E-state index >= 15 is 0 Å². The number of para-hydroxylation sites is 3. The number of fused-ring (bicyclic) bond motifs is 3. The molecule has 0 saturated carbocycles. The zero-order valence-electron chi connectivity index (χ0n) is 31.3. The molecule has 9 aromatic rings. The second-order valence-corrected chi connectivity index (χ2v) is 16.0. The molecule has 3 N–H and O–H groups in total. The van der Waals surface area contributed by atoms with Gasteiger partial charge in [0, 0.05) is 39.0 Å². The van der Waals surface area contributed by atoms with E-state index in [1.165, 1.54) is 0 Å². The molecule has 9 rings (SSSR count). The van der Waals surface area contributed by atoms with Gasteiger partial charge >= 0.3 is 0 Å². The van der Waals surface area contributed by atoms with E-state index in [1.807, 2.05) is 132 Å². The van der Waals surface area contributed by atoms with E-state index < -0.39 is 0 Å². The van der Waals surface area contributed by atoms with Gasteiger partial charge in [-0.1, -0.05) is 60.2 Å². The van der Waals surface area contributed by atoms with E-state index in [-0.39, 0.29) is 44.7 Å². The fraction of sp³-hybridized carbons (Fsp3) is 0.114. The fourth-order valence-electron chi connectivity index (χ4n) is 6.03. The van der Waals surface area contributed by atoms with Crippen molar-refractivity contribution >= 4 is 64.7 Å². The van der Waals surface area contributed by atoms with E-state index in [4.69, 9.17) is 0 Å². The molecule has 0 radical (unpaired) electrons. The van der Waals surface area contributed by atoms with Crippen molar-refractivity contribution in [1.82, 2.24) is 15.0 Å². The van der Waals surface area contributed by atoms with Gasteiger partial charge in [0.2, 0.25) is 0 Å². The van der Waals surface area contributed by atoms with Crippen LogP contribution in [0.5, 0.6) is 17.2 Å². The van der Waals surface area contributed by atoms with Crippen LogP contribution in [0.4, 0.5) is 0 Å². The molecule has 0 aliphatic rings. The van der Waals surface area contributed by atoms with Gasteiger partial charge in [-0.3, -0.25) is 0 Å². The summed E-state index contributed by atoms with van der Waals surface area (Å²) in [6.45, 7) is 9.90. The van der Waals surface area contributed by atoms with Crippen LogP contribution < -0.4 is 0 Å². The van der Waals surface area contributed by atoms with Crippen molar-refractivity contribution in [1.29, 1.82) is 0 Å². The van der Waals surface area contributed by atoms with Gasteiger partial charge < -0.3 is 15.3 Å². The summed E-state index contributed by atoms with van der Waals surface area (Å²) in [5, 5.41) is 32.8. The third-order valence-electron chi connectivity index (χ3n) is 8.61. The van der Waals surface area contributed by atoms with Crippen LogP contribution in [0.15, 0.2) is 115 Å². The largest absolute Gasteiger partial charge is 0.507 e. The predicted octanol–water partition coefficient (Wildman–Crippen LogP) is 12.5. The Balaban J connectivity index is 0.000000155. The first-order valence-electron chi connectivity index (χ1n) is 17.0. The van der Waals surface area contributed by atoms with Gasteiger partial charge in [-0.25, -0.2) is 15.0 Å². The average molecular weight is 883 g/mol. The number of benzene rings is 6. The third kappa shape index (κ3) is 9.37. The number of thiazole rings is 3. The number of hydrogen-bond acceptors (Lipinski definition) is 9. The van der Waals surface area contributed by atoms with E-state index in [1.54, 1.807) is 40.1 Å². The fourth-order valence-corrected chi connectivity index (χ4v) is 8.99. The number of aromatic hydroxyl groups is 3. The van der Waals surface area contributed by atoms with Crippen molar-refractivity contribution in [3.63, 3.8) is 0 Å². The van der Waals surface area contributed by atoms with Crippen LogP contribution in [0.2, 0.25) is 0 Å². The minimum absolute atomic E-state index is 0. The zero-order valence-corrected chi connectivity index (χ0v) is 39.7. The van der Waals surface area contributed by atoms with Crippen LogP contribution in [0.25, 0.3) is 62.4 Å². The molecule has 0 saturated heterocycles. The molecular weight excluding hydrogens is 845 g/mol. The first-order valence-corrected chi connectivity index (χ1v) is 19.5. The maximum absolute atomic E-state index is 10.2. The van der Waals surface area contributed by atoms with Crippen molar-refractivity contribution in [2.45, 2.75) is 34.6 Å². The third-order valence-corrected chi connectivity index (χ3v) is 11.8. The molecule has 0 bridgehead atoms. The summed E-state index contributed by atoms with van der Waals surface area (Å²) in [4.78, 5) is 13.7. The molecule has 0 amide bonds. The summed E-state index contributed by atoms with van der Waals surface area (Å²) < 4.78 is 3.43. The molecule has 268 valence electrons. The average Bonchev–Trinajstić information content (AvgIpc) is 3.89. The first-order chi connectivity index (χ1) is 25.5. The first kappa shape index (κ1) is 41.8. The Hall–Kier alpha value is -4.36. The van der Waals surface area contributed by atoms with E-state index in [0.29, 0.717) is 11.5 Å². The number of aryl methyl sites for hydroxylation is 5. The van der Waals surface area contributed by atoms with Crippen LogP contribution in [0, 0.1) is 34.6 Å². The maximum atomic E-state index is 10.2. The summed E-state index contributed by atoms with van der Waals surface area (Å²) in [5.41, 5.74) is 10.6. The van der Waals surface area contributed by atoms with E-state index in [0.717, 1.165) is 90.2 Å². The zero-order chi connectivity index (χ0) is 37.2. The van der Waals surface area contributed by atoms with E-state index in [9.17, 15) is 15.3 Å². The second kappa shape index (κ2) is 18.1. The minimum Gasteiger partial charge on any atom is -0.507 e. The van der Waals surface area contributed by atoms with Crippen LogP contribution >= 0.6 is 34.0 Å². The predicted molar refractivity (Wildman–Crippen MR) is 224 cm³/mol. The second-order valence-electron chi connectivity index (χ2n) is 12.9. The quantitative estimate of drug-likeness (QED) is 0.153. The normalized spacial score (nSPS) is 10.6. The summed E-state index contributed by atoms with van der Waals surface area (Å²) in [7, 11) is 0. The molecule has 6 nitrogen and oxygen atoms in total. The number of hydrogen-bond donors (Lipinski definition) is 3. The van der Waals surface area contributed by atoms with Crippen molar-refractivity contribution in [2.24, 2.45) is 0 Å². The number of nitrogens with zero attached hydrogens (tertiary/aromatic N) is 3. The van der Waals surface area contributed by atoms with Gasteiger partial charge in [0.1, 0.15) is 32.3 Å². The standard InChI is InChI=1S/2C15H13NOS.C14H11NOS.2Zn/c2*1-9-7-10(2)14(17)11(8-9)15-16-12-5-3-4-6-13(12)18-15;1-9-6-7-12(16)10(8-9)14-15-11-4-2-3-5-13(11)17-14;;/h2*3-8,17H,1-2H3;2-8,16H,1H3;;. The molecule has 6 aromatic carbocycles. The smallest absolute Gasteiger partial charge is 0.128 e. The Morgan fingerprint density at radius 3 is 1.13 bits per heavy atom. The molecule has 3 aromatic heterocycles. The van der Waals surface area contributed by atoms with Crippen LogP contribution in [-0.2, 0) is 39.0 Å². The topological polar surface area (TPSA) is 99.4 Å². The summed E-state index contributed by atoms with van der Waals surface area (Å²) in [5.74, 6) is 0.953. The van der Waals surface area contributed by atoms with Gasteiger partial charge in [-0.2, -0.15) is 0 Å². The van der Waals surface area contributed by atoms with Crippen molar-refractivity contribution in [3.8, 4) is 49.0 Å². The van der Waals surface area contributed by atoms with Gasteiger partial charge in [0.05, 0.1) is 47.3 Å². The Morgan fingerprint density at radius 2 is 0.745 bits per heavy atom. The molecule has 55 heavy (non-hydrogen) atoms. The number of aromatic nitrogens is 3. The number of phenolic OH excluding ortho intramolecular Hbond substituents is 3. The van der Waals surface area contributed by atoms with Crippen LogP contribution in [0.3, 0.4) is 0 Å². The Bertz CT molecular complexity index is 2530. The molecule has 0 fully saturated rings. The van der Waals surface area contributed by atoms with E-state index in [2.05, 4.69) is 27.1 Å². The monoisotopic (exact) mass is 879 g/mol. The Morgan fingerprint density at radius 1 is 0.400 bits per heavy atom. The molecule has 0 unspecified atom stereocenters. The molecular formula is C44H37N3O3S3Zn2. The SMILES string of the molecule is Cc1cc(C)c(O)c(-c2nc3ccccc3s2)c1.Cc1cc(C)c(O)c(-c2nc3ccccc3s2)c1.Cc1ccc(O)c(-c2nc3ccccc3s2)c1.[Zn].[Zn]. The molecule has 0 spiro atoms. The molecule has 0 aliphatic heterocycles. The van der Waals surface area contributed by atoms with Gasteiger partial charge in [-0.05, 0) is 118 Å². The summed E-state index contributed by atoms with van der Waals surface area (Å²) >= 11 is 4.82. The van der Waals surface area contributed by atoms with Gasteiger partial charge in [0.25, 0.3) is 0 Å². The van der Waals surface area contributed by atoms with Crippen LogP contribution in [-0.4, -0.2) is 30.3 Å². The van der Waals surface area contributed by atoms with Crippen LogP contribution in [0.1, 0.15) is 27.8 Å². The molecule has 3 heterocycles. The minimum atomic E-state index is 0. The summed E-state index contributed by atoms with van der Waals surface area (Å²) in [6, 6.07) is 37.6. The summed E-state index contributed by atoms with van der Waals surface area (Å²) in [6.07, 6.45) is 0. The number of phenols is 3. The maximum Gasteiger partial charge on any atom is 0.128 e. The number of rotatable bonds is 3. The van der Waals surface area contributed by atoms with Gasteiger partial charge in [-0.15, -0.1) is 34.0 Å². The van der Waals surface area contributed by atoms with Crippen molar-refractivity contribution < 1.29 is 54.3 Å². The Labute approximate surface area is 357 Å². The van der Waals surface area contributed by atoms with Crippen molar-refractivity contribution in [3.05, 3.63) is 143 Å². The Kier molecular flexibility index (Phi) is 13.7. The van der Waals surface area contributed by atoms with Crippen molar-refractivity contribution in [2.75, 3.05) is 0 Å². The molecule has 0 atom stereocenters. The molecule has 0 aliphatic carbocycles. The molecule has 11 heteroatoms.